The lowest BCUT2D eigenvalue weighted by Crippen LogP contribution is -2.47. The summed E-state index contributed by atoms with van der Waals surface area (Å²) in [5.41, 5.74) is -17.9. The van der Waals surface area contributed by atoms with E-state index < -0.39 is 249 Å². The molecule has 49 nitrogen and oxygen atoms in total. The fraction of sp³-hybridized carbons (Fsp3) is 0.558. The van der Waals surface area contributed by atoms with Crippen LogP contribution in [0.5, 0.6) is 5.75 Å². The molecular formula is C52H76N9O40P5. The van der Waals surface area contributed by atoms with E-state index in [1.54, 1.807) is 42.0 Å². The van der Waals surface area contributed by atoms with Crippen LogP contribution in [0.1, 0.15) is 89.8 Å². The number of benzene rings is 1. The summed E-state index contributed by atoms with van der Waals surface area (Å²) in [6.07, 6.45) is -21.6. The Labute approximate surface area is 608 Å². The molecule has 0 saturated carbocycles. The number of nitrogens with one attached hydrogen (secondary N) is 5. The van der Waals surface area contributed by atoms with Crippen molar-refractivity contribution in [3.05, 3.63) is 163 Å². The summed E-state index contributed by atoms with van der Waals surface area (Å²) >= 11 is 0. The monoisotopic (exact) mass is 1630 g/mol. The highest BCUT2D eigenvalue weighted by Crippen LogP contribution is 2.66. The van der Waals surface area contributed by atoms with Crippen LogP contribution >= 0.6 is 39.0 Å². The van der Waals surface area contributed by atoms with E-state index in [2.05, 4.69) is 22.8 Å². The number of nitrogens with zero attached hydrogens (tertiary/aromatic N) is 4. The minimum absolute atomic E-state index is 0.0194. The lowest BCUT2D eigenvalue weighted by molar-refractivity contribution is -0.149. The van der Waals surface area contributed by atoms with Gasteiger partial charge >= 0.3 is 67.8 Å². The van der Waals surface area contributed by atoms with Gasteiger partial charge in [0.2, 0.25) is 0 Å². The van der Waals surface area contributed by atoms with Gasteiger partial charge in [-0.15, -0.1) is 0 Å². The average Bonchev–Trinajstić information content (AvgIpc) is 1.61. The first-order valence-electron chi connectivity index (χ1n) is 35.1. The minimum atomic E-state index is -6.03. The normalized spacial score (nSPS) is 32.8. The minimum Gasteiger partial charge on any atom is -0.462 e. The Kier molecular flexibility index (Phi) is 23.1. The molecule has 4 saturated heterocycles. The van der Waals surface area contributed by atoms with Crippen LogP contribution in [0.2, 0.25) is 0 Å². The van der Waals surface area contributed by atoms with E-state index in [9.17, 15) is 117 Å². The molecule has 4 aliphatic rings. The first-order chi connectivity index (χ1) is 53.2. The predicted molar refractivity (Wildman–Crippen MR) is 347 cm³/mol. The van der Waals surface area contributed by atoms with Crippen LogP contribution in [0.15, 0.2) is 118 Å². The van der Waals surface area contributed by atoms with Gasteiger partial charge in [0.05, 0.1) is 48.8 Å². The third-order valence-electron chi connectivity index (χ3n) is 14.2. The maximum absolute atomic E-state index is 13.8. The second kappa shape index (κ2) is 34.5. The molecule has 0 radical (unpaired) electrons. The van der Waals surface area contributed by atoms with Gasteiger partial charge in [-0.2, -0.15) is 13.7 Å². The quantitative estimate of drug-likeness (QED) is 0.0202. The van der Waals surface area contributed by atoms with Gasteiger partial charge < -0.3 is 104 Å². The van der Waals surface area contributed by atoms with Crippen LogP contribution < -0.4 is 54.6 Å². The fourth-order valence-corrected chi connectivity index (χ4v) is 13.7. The number of aromatic nitrogens is 8. The van der Waals surface area contributed by atoms with Crippen LogP contribution in [0.25, 0.3) is 0 Å². The Morgan fingerprint density at radius 2 is 0.840 bits per heavy atom. The van der Waals surface area contributed by atoms with Gasteiger partial charge in [0.15, 0.2) is 24.9 Å². The Balaban J connectivity index is 0.000000250. The van der Waals surface area contributed by atoms with Gasteiger partial charge in [-0.05, 0) is 60.6 Å². The Bertz CT molecular complexity index is 5290. The number of aliphatic hydroxyl groups excluding tert-OH is 4. The van der Waals surface area contributed by atoms with E-state index >= 15 is 0 Å². The molecule has 1 aromatic carbocycles. The van der Waals surface area contributed by atoms with E-state index in [0.717, 1.165) is 40.1 Å². The van der Waals surface area contributed by atoms with Crippen molar-refractivity contribution in [3.8, 4) is 5.75 Å². The fourth-order valence-electron chi connectivity index (χ4n) is 9.19. The standard InChI is InChI=1S/C22H30N3O10P.C10H17N2O15P3.C10H15N2O9P.C10H14N2O6/c1-13(2)33-19(28)14(3)24-36(31,35-15-8-6-5-7-9-15)32-12-16-18(27)22(4,30)20(34-16)25-11-10-17(26)23-21(25)29;1-10(16)7(14)5(25-8(10)12-3-2-6(13)11-9(12)15)4-24-29(20,21)27-30(22,23)26-28(17,18)19;1-10(16)7(14)5(4-20-22(17,18)19)21-8(10)12-3-2-6(13)11-9(12)15;1-10(17)7(15)5(4-13)18-8(10)12-3-2-6(14)11-9(12)16/h5-11,13-14,16,18,20,27,30H,12H2,1-4H3,(H,24,31)(H,23,26,29);2-3,5,7-8,14,16H,4H2,1H3,(H,20,21)(H,22,23)(H,11,13,15)(H2,17,18,19);2-3,5,7-8,14,16H,4H2,1H3,(H,11,13,15)(H2,17,18,19);2-3,5,7-8,13,15,17H,4H2,1H3,(H,11,14,16)/t14-,16?,18+,20?,22+,36?;3*5?,7-,8?,10-/m0111/s1/i10D,12D2;3*2D,4D2. The molecule has 0 aliphatic carbocycles. The number of aliphatic hydroxyl groups is 9. The van der Waals surface area contributed by atoms with Crippen molar-refractivity contribution in [2.75, 3.05) is 26.2 Å². The van der Waals surface area contributed by atoms with E-state index in [0.29, 0.717) is 30.7 Å². The number of phosphoric acid groups is 4. The van der Waals surface area contributed by atoms with Crippen LogP contribution in [-0.4, -0.2) is 229 Å². The summed E-state index contributed by atoms with van der Waals surface area (Å²) in [6.45, 7) is -4.66. The molecule has 9 rings (SSSR count). The third-order valence-corrected chi connectivity index (χ3v) is 19.8. The molecule has 54 heteroatoms. The van der Waals surface area contributed by atoms with Gasteiger partial charge in [0.1, 0.15) is 83.0 Å². The molecule has 11 unspecified atom stereocenters. The molecule has 20 atom stereocenters. The van der Waals surface area contributed by atoms with Crippen molar-refractivity contribution < 1.29 is 170 Å². The summed E-state index contributed by atoms with van der Waals surface area (Å²) in [6, 6.07) is 3.49. The summed E-state index contributed by atoms with van der Waals surface area (Å²) in [5, 5.41) is 94.8. The smallest absolute Gasteiger partial charge is 0.462 e. The number of rotatable bonds is 24. The molecule has 4 aliphatic heterocycles. The van der Waals surface area contributed by atoms with Crippen molar-refractivity contribution in [3.63, 3.8) is 0 Å². The summed E-state index contributed by atoms with van der Waals surface area (Å²) in [4.78, 5) is 166. The zero-order chi connectivity index (χ0) is 90.7. The maximum atomic E-state index is 13.8. The van der Waals surface area contributed by atoms with Crippen LogP contribution in [-0.2, 0) is 73.5 Å². The number of aromatic amines is 4. The Morgan fingerprint density at radius 3 is 1.15 bits per heavy atom. The van der Waals surface area contributed by atoms with Crippen molar-refractivity contribution in [2.45, 2.75) is 157 Å². The van der Waals surface area contributed by atoms with E-state index in [1.807, 2.05) is 9.97 Å². The number of esters is 1. The van der Waals surface area contributed by atoms with Gasteiger partial charge in [-0.3, -0.25) is 75.7 Å². The second-order valence-corrected chi connectivity index (χ2v) is 30.3. The van der Waals surface area contributed by atoms with Gasteiger partial charge in [0.25, 0.3) is 22.2 Å². The molecule has 20 N–H and O–H groups in total. The van der Waals surface area contributed by atoms with E-state index in [4.69, 9.17) is 73.6 Å². The number of para-hydroxylation sites is 1. The summed E-state index contributed by atoms with van der Waals surface area (Å²) in [5.74, 6) is -0.857. The number of carbonyl (C=O) groups is 1. The molecule has 4 fully saturated rings. The highest BCUT2D eigenvalue weighted by molar-refractivity contribution is 7.66. The highest BCUT2D eigenvalue weighted by atomic mass is 31.3. The SMILES string of the molecule is [2H]c1cn(C2OC(C([2H])([2H])O)[C@@H](O)[C@@]2(C)O)c(=O)[nH]c1=O.[2H]c1cn(C2OC(C([2H])([2H])OP(=O)(N[C@@H](C)C(=O)OC(C)C)Oc3ccccc3)[C@@H](O)[C@@]2(C)O)c(=O)[nH]c1=O.[2H]c1cn(C2OC(C([2H])([2H])OP(=O)(O)O)[C@@H](O)[C@@]2(C)O)c(=O)[nH]c1=O.[2H]c1cn(C2OC(C([2H])([2H])OP(=O)(O)OP(=O)(O)OP(=O)(O)O)[C@@H](O)[C@@]2(C)O)c(=O)[nH]c1=O. The van der Waals surface area contributed by atoms with Crippen LogP contribution in [0.3, 0.4) is 0 Å². The Morgan fingerprint density at radius 1 is 0.519 bits per heavy atom. The molecule has 594 valence electrons. The molecular weight excluding hydrogens is 1550 g/mol. The first-order valence-corrected chi connectivity index (χ1v) is 36.7. The van der Waals surface area contributed by atoms with E-state index in [1.165, 1.54) is 19.1 Å². The second-order valence-electron chi connectivity index (χ2n) is 23.2. The number of ether oxygens (including phenoxy) is 5. The van der Waals surface area contributed by atoms with E-state index in [-0.39, 0.29) is 5.75 Å². The zero-order valence-corrected chi connectivity index (χ0v) is 59.2. The van der Waals surface area contributed by atoms with Gasteiger partial charge in [0, 0.05) is 49.0 Å². The lowest BCUT2D eigenvalue weighted by Gasteiger charge is -2.27. The number of carbonyl (C=O) groups excluding carboxylic acids is 1. The van der Waals surface area contributed by atoms with Gasteiger partial charge in [-0.25, -0.2) is 42.0 Å². The zero-order valence-electron chi connectivity index (χ0n) is 66.7. The first kappa shape index (κ1) is 71.0. The number of hydrogen-bond donors (Lipinski definition) is 20. The van der Waals surface area contributed by atoms with Crippen LogP contribution in [0, 0.1) is 0 Å². The highest BCUT2D eigenvalue weighted by Gasteiger charge is 2.58. The van der Waals surface area contributed by atoms with Crippen molar-refractivity contribution in [1.29, 1.82) is 0 Å². The molecule has 4 aromatic heterocycles. The molecule has 0 spiro atoms. The molecule has 8 heterocycles. The molecule has 106 heavy (non-hydrogen) atoms. The summed E-state index contributed by atoms with van der Waals surface area (Å²) in [7, 11) is -27.9. The van der Waals surface area contributed by atoms with Crippen LogP contribution in [0.4, 0.5) is 0 Å². The lowest BCUT2D eigenvalue weighted by atomic mass is 9.96. The van der Waals surface area contributed by atoms with Crippen molar-refractivity contribution >= 4 is 45.0 Å². The van der Waals surface area contributed by atoms with Crippen molar-refractivity contribution in [1.82, 2.24) is 43.3 Å². The maximum Gasteiger partial charge on any atom is 0.490 e. The van der Waals surface area contributed by atoms with Gasteiger partial charge in [-0.1, -0.05) is 18.2 Å². The summed E-state index contributed by atoms with van der Waals surface area (Å²) < 4.78 is 204. The molecule has 0 amide bonds. The molecule has 0 bridgehead atoms. The number of hydrogen-bond acceptors (Lipinski definition) is 34. The Hall–Kier alpha value is -6.64. The predicted octanol–water partition coefficient (Wildman–Crippen LogP) is -6.24. The largest absolute Gasteiger partial charge is 0.490 e. The number of H-pyrrole nitrogens is 4. The average molecular weight is 1630 g/mol. The van der Waals surface area contributed by atoms with Crippen molar-refractivity contribution in [2.24, 2.45) is 0 Å². The third kappa shape index (κ3) is 22.7. The number of phosphoric ester groups is 2. The topological polar surface area (TPSA) is 739 Å². The molecule has 5 aromatic rings.